The smallest absolute Gasteiger partial charge is 0.360 e. The number of oxime groups is 2. The van der Waals surface area contributed by atoms with Crippen molar-refractivity contribution in [2.45, 2.75) is 30.3 Å². The van der Waals surface area contributed by atoms with Crippen LogP contribution >= 0.6 is 31.8 Å². The minimum Gasteiger partial charge on any atom is -0.464 e. The molecule has 0 aliphatic rings. The van der Waals surface area contributed by atoms with Gasteiger partial charge in [-0.1, -0.05) is 55.9 Å². The number of hydrogen-bond donors (Lipinski definition) is 0. The van der Waals surface area contributed by atoms with E-state index in [1.54, 1.807) is 25.1 Å². The van der Waals surface area contributed by atoms with Crippen molar-refractivity contribution in [3.63, 3.8) is 0 Å². The number of hydrogen-bond acceptors (Lipinski definition) is 6. The summed E-state index contributed by atoms with van der Waals surface area (Å²) in [6.07, 6.45) is 0. The third-order valence-corrected chi connectivity index (χ3v) is 5.67. The molecule has 0 heterocycles. The molecule has 2 aromatic carbocycles. The molecule has 0 saturated carbocycles. The molecule has 11 heteroatoms. The van der Waals surface area contributed by atoms with Gasteiger partial charge < -0.3 is 14.4 Å². The molecule has 0 aliphatic carbocycles. The normalized spacial score (nSPS) is 13.5. The van der Waals surface area contributed by atoms with E-state index in [9.17, 15) is 18.0 Å². The van der Waals surface area contributed by atoms with Gasteiger partial charge in [-0.05, 0) is 42.0 Å². The highest BCUT2D eigenvalue weighted by atomic mass is 127. The van der Waals surface area contributed by atoms with Gasteiger partial charge in [0.15, 0.2) is 9.89 Å². The van der Waals surface area contributed by atoms with E-state index in [0.717, 1.165) is 5.56 Å². The zero-order valence-corrected chi connectivity index (χ0v) is 21.7. The maximum Gasteiger partial charge on any atom is 0.360 e. The average molecular weight is 594 g/mol. The van der Waals surface area contributed by atoms with E-state index >= 15 is 0 Å². The first-order chi connectivity index (χ1) is 15.5. The Bertz CT molecular complexity index is 1070. The quantitative estimate of drug-likeness (QED) is 0.0922. The van der Waals surface area contributed by atoms with Crippen LogP contribution in [0.25, 0.3) is 0 Å². The molecular formula is C22H23F3IN2O4P. The number of aryl methyl sites for hydroxylation is 1. The Morgan fingerprint density at radius 1 is 1.18 bits per heavy atom. The number of alkyl halides is 4. The minimum atomic E-state index is -3.29. The van der Waals surface area contributed by atoms with Gasteiger partial charge in [-0.2, -0.15) is 8.78 Å². The van der Waals surface area contributed by atoms with Crippen LogP contribution < -0.4 is 0 Å². The van der Waals surface area contributed by atoms with Gasteiger partial charge in [0, 0.05) is 27.8 Å². The molecule has 0 N–H and O–H groups in total. The van der Waals surface area contributed by atoms with Crippen LogP contribution in [0.2, 0.25) is 0 Å². The van der Waals surface area contributed by atoms with Crippen molar-refractivity contribution >= 4 is 49.2 Å². The van der Waals surface area contributed by atoms with Gasteiger partial charge in [0.1, 0.15) is 13.7 Å². The number of carbonyl (C=O) groups excluding carboxylic acids is 1. The molecule has 0 aliphatic heterocycles. The summed E-state index contributed by atoms with van der Waals surface area (Å²) in [7, 11) is 3.97. The SMILES string of the molecule is CO/N=C(/C(=O)OC)c1cccc(C)c1CO/N=C(\C)c1c(C(F)I)cccc1C(F)(F)P. The van der Waals surface area contributed by atoms with E-state index in [2.05, 4.69) is 10.3 Å². The lowest BCUT2D eigenvalue weighted by Gasteiger charge is -2.19. The molecule has 0 radical (unpaired) electrons. The Kier molecular flexibility index (Phi) is 9.66. The summed E-state index contributed by atoms with van der Waals surface area (Å²) in [5.74, 6) is -0.708. The molecule has 33 heavy (non-hydrogen) atoms. The number of carbonyl (C=O) groups is 1. The molecule has 178 valence electrons. The topological polar surface area (TPSA) is 69.5 Å². The molecule has 0 saturated heterocycles. The largest absolute Gasteiger partial charge is 0.464 e. The molecule has 0 aromatic heterocycles. The van der Waals surface area contributed by atoms with E-state index in [1.165, 1.54) is 71.2 Å². The average Bonchev–Trinajstić information content (AvgIpc) is 2.76. The lowest BCUT2D eigenvalue weighted by molar-refractivity contribution is -0.132. The fraction of sp³-hybridized carbons (Fsp3) is 0.318. The number of esters is 1. The summed E-state index contributed by atoms with van der Waals surface area (Å²) >= 11 is 1.51. The zero-order valence-electron chi connectivity index (χ0n) is 18.4. The first-order valence-electron chi connectivity index (χ1n) is 9.56. The van der Waals surface area contributed by atoms with Crippen molar-refractivity contribution in [2.75, 3.05) is 14.2 Å². The van der Waals surface area contributed by atoms with Crippen LogP contribution in [0.3, 0.4) is 0 Å². The van der Waals surface area contributed by atoms with Gasteiger partial charge in [0.25, 0.3) is 5.66 Å². The van der Waals surface area contributed by atoms with Crippen molar-refractivity contribution in [1.29, 1.82) is 0 Å². The van der Waals surface area contributed by atoms with Gasteiger partial charge in [0.2, 0.25) is 0 Å². The predicted molar refractivity (Wildman–Crippen MR) is 132 cm³/mol. The monoisotopic (exact) mass is 594 g/mol. The van der Waals surface area contributed by atoms with E-state index in [4.69, 9.17) is 14.4 Å². The van der Waals surface area contributed by atoms with Crippen molar-refractivity contribution in [2.24, 2.45) is 10.3 Å². The number of methoxy groups -OCH3 is 1. The fourth-order valence-corrected chi connectivity index (χ4v) is 3.93. The standard InChI is InChI=1S/C22H23F3IN2O4P/c1-12-7-5-8-14(19(28-31-4)21(29)30-3)16(12)11-32-27-13(2)18-15(20(23)26)9-6-10-17(18)22(24,25)33/h5-10,20H,11,33H2,1-4H3/b27-13+,28-19+. The molecule has 0 spiro atoms. The zero-order chi connectivity index (χ0) is 24.8. The summed E-state index contributed by atoms with van der Waals surface area (Å²) in [5, 5.41) is 7.73. The lowest BCUT2D eigenvalue weighted by atomic mass is 9.98. The highest BCUT2D eigenvalue weighted by Crippen LogP contribution is 2.41. The van der Waals surface area contributed by atoms with Crippen LogP contribution in [0, 0.1) is 6.92 Å². The third kappa shape index (κ3) is 6.66. The minimum absolute atomic E-state index is 0.0272. The van der Waals surface area contributed by atoms with Gasteiger partial charge in [0.05, 0.1) is 12.8 Å². The van der Waals surface area contributed by atoms with Crippen molar-refractivity contribution in [3.8, 4) is 0 Å². The molecular weight excluding hydrogens is 571 g/mol. The van der Waals surface area contributed by atoms with Crippen LogP contribution in [-0.4, -0.2) is 31.6 Å². The Labute approximate surface area is 205 Å². The predicted octanol–water partition coefficient (Wildman–Crippen LogP) is 5.79. The number of benzene rings is 2. The molecule has 2 atom stereocenters. The Hall–Kier alpha value is -2.20. The van der Waals surface area contributed by atoms with Crippen molar-refractivity contribution in [1.82, 2.24) is 0 Å². The fourth-order valence-electron chi connectivity index (χ4n) is 3.17. The van der Waals surface area contributed by atoms with Crippen LogP contribution in [0.4, 0.5) is 13.2 Å². The van der Waals surface area contributed by atoms with Crippen LogP contribution in [0.1, 0.15) is 44.5 Å². The van der Waals surface area contributed by atoms with E-state index in [1.807, 2.05) is 0 Å². The van der Waals surface area contributed by atoms with Crippen LogP contribution in [-0.2, 0) is 31.5 Å². The van der Waals surface area contributed by atoms with Crippen LogP contribution in [0.5, 0.6) is 0 Å². The second-order valence-electron chi connectivity index (χ2n) is 6.86. The maximum atomic E-state index is 14.2. The number of rotatable bonds is 9. The summed E-state index contributed by atoms with van der Waals surface area (Å²) in [5.41, 5.74) is -1.88. The third-order valence-electron chi connectivity index (χ3n) is 4.69. The molecule has 0 amide bonds. The van der Waals surface area contributed by atoms with Crippen LogP contribution in [0.15, 0.2) is 46.7 Å². The molecule has 2 aromatic rings. The Balaban J connectivity index is 2.45. The number of halogens is 4. The van der Waals surface area contributed by atoms with Crippen molar-refractivity contribution in [3.05, 3.63) is 69.8 Å². The maximum absolute atomic E-state index is 14.2. The number of ether oxygens (including phenoxy) is 1. The van der Waals surface area contributed by atoms with E-state index < -0.39 is 15.8 Å². The first-order valence-corrected chi connectivity index (χ1v) is 11.4. The summed E-state index contributed by atoms with van der Waals surface area (Å²) in [6.45, 7) is 3.15. The number of nitrogens with zero attached hydrogens (tertiary/aromatic N) is 2. The lowest BCUT2D eigenvalue weighted by Crippen LogP contribution is -2.20. The van der Waals surface area contributed by atoms with E-state index in [0.29, 0.717) is 11.1 Å². The molecule has 2 rings (SSSR count). The van der Waals surface area contributed by atoms with Gasteiger partial charge in [-0.25, -0.2) is 9.18 Å². The van der Waals surface area contributed by atoms with Gasteiger partial charge in [-0.3, -0.25) is 0 Å². The van der Waals surface area contributed by atoms with Crippen molar-refractivity contribution < 1.29 is 32.4 Å². The second kappa shape index (κ2) is 11.8. The highest BCUT2D eigenvalue weighted by Gasteiger charge is 2.31. The molecule has 2 unspecified atom stereocenters. The summed E-state index contributed by atoms with van der Waals surface area (Å²) < 4.78 is 45.7. The van der Waals surface area contributed by atoms with Gasteiger partial charge in [-0.15, -0.1) is 0 Å². The molecule has 0 fully saturated rings. The second-order valence-corrected chi connectivity index (χ2v) is 8.68. The molecule has 0 bridgehead atoms. The Morgan fingerprint density at radius 2 is 1.85 bits per heavy atom. The highest BCUT2D eigenvalue weighted by molar-refractivity contribution is 14.1. The summed E-state index contributed by atoms with van der Waals surface area (Å²) in [4.78, 5) is 22.4. The van der Waals surface area contributed by atoms with Gasteiger partial charge >= 0.3 is 5.97 Å². The Morgan fingerprint density at radius 3 is 2.42 bits per heavy atom. The summed E-state index contributed by atoms with van der Waals surface area (Å²) in [6, 6.07) is 9.17. The van der Waals surface area contributed by atoms with E-state index in [-0.39, 0.29) is 34.7 Å². The molecule has 6 nitrogen and oxygen atoms in total. The first kappa shape index (κ1) is 27.0.